The molecule has 0 saturated heterocycles. The molecule has 17 heavy (non-hydrogen) atoms. The average Bonchev–Trinajstić information content (AvgIpc) is 2.64. The van der Waals surface area contributed by atoms with E-state index in [0.717, 1.165) is 0 Å². The van der Waals surface area contributed by atoms with Crippen LogP contribution in [0, 0.1) is 0 Å². The van der Waals surface area contributed by atoms with Gasteiger partial charge in [-0.1, -0.05) is 0 Å². The molecule has 8 heteroatoms. The topological polar surface area (TPSA) is 52.6 Å². The molecule has 98 valence electrons. The van der Waals surface area contributed by atoms with Crippen LogP contribution in [0.5, 0.6) is 0 Å². The van der Waals surface area contributed by atoms with Crippen molar-refractivity contribution >= 4 is 23.5 Å². The van der Waals surface area contributed by atoms with Crippen molar-refractivity contribution in [3.05, 3.63) is 0 Å². The Hall–Kier alpha value is -0.980. The van der Waals surface area contributed by atoms with Crippen LogP contribution in [-0.4, -0.2) is 29.8 Å². The van der Waals surface area contributed by atoms with E-state index in [9.17, 15) is 22.8 Å². The first-order chi connectivity index (χ1) is 7.79. The fourth-order valence-electron chi connectivity index (χ4n) is 1.60. The Morgan fingerprint density at radius 1 is 1.18 bits per heavy atom. The highest BCUT2D eigenvalue weighted by Crippen LogP contribution is 2.36. The summed E-state index contributed by atoms with van der Waals surface area (Å²) in [6.45, 7) is 0. The first-order valence-corrected chi connectivity index (χ1v) is 5.40. The summed E-state index contributed by atoms with van der Waals surface area (Å²) in [7, 11) is 0. The van der Waals surface area contributed by atoms with E-state index >= 15 is 0 Å². The molecule has 0 aromatic rings. The van der Waals surface area contributed by atoms with E-state index in [4.69, 9.17) is 16.3 Å². The second kappa shape index (κ2) is 5.12. The van der Waals surface area contributed by atoms with Gasteiger partial charge in [0, 0.05) is 12.8 Å². The number of alkyl halides is 4. The van der Waals surface area contributed by atoms with Crippen LogP contribution < -0.4 is 0 Å². The van der Waals surface area contributed by atoms with Crippen molar-refractivity contribution in [2.24, 2.45) is 0 Å². The van der Waals surface area contributed by atoms with Gasteiger partial charge in [0.1, 0.15) is 5.88 Å². The Bertz CT molecular complexity index is 310. The zero-order valence-electron chi connectivity index (χ0n) is 8.68. The van der Waals surface area contributed by atoms with E-state index in [0.29, 0.717) is 12.8 Å². The molecule has 1 fully saturated rings. The molecule has 0 N–H and O–H groups in total. The van der Waals surface area contributed by atoms with Gasteiger partial charge in [0.05, 0.1) is 0 Å². The lowest BCUT2D eigenvalue weighted by Gasteiger charge is -2.28. The van der Waals surface area contributed by atoms with Gasteiger partial charge in [0.15, 0.2) is 0 Å². The standard InChI is InChI=1S/C9H10ClF3O4/c10-5-6(14)16-8(3-1-2-4-8)17-7(15)9(11,12)13/h1-5H2. The summed E-state index contributed by atoms with van der Waals surface area (Å²) < 4.78 is 45.1. The SMILES string of the molecule is O=C(CCl)OC1(OC(=O)C(F)(F)F)CCCC1. The summed E-state index contributed by atoms with van der Waals surface area (Å²) in [6.07, 6.45) is -3.97. The van der Waals surface area contributed by atoms with Crippen LogP contribution in [0.3, 0.4) is 0 Å². The van der Waals surface area contributed by atoms with Crippen LogP contribution in [0.2, 0.25) is 0 Å². The first-order valence-electron chi connectivity index (χ1n) is 4.87. The van der Waals surface area contributed by atoms with Crippen molar-refractivity contribution in [1.29, 1.82) is 0 Å². The summed E-state index contributed by atoms with van der Waals surface area (Å²) in [5, 5.41) is 0. The molecule has 0 atom stereocenters. The monoisotopic (exact) mass is 274 g/mol. The maximum atomic E-state index is 12.1. The number of rotatable bonds is 3. The van der Waals surface area contributed by atoms with Gasteiger partial charge in [-0.15, -0.1) is 11.6 Å². The highest BCUT2D eigenvalue weighted by atomic mass is 35.5. The lowest BCUT2D eigenvalue weighted by Crippen LogP contribution is -2.41. The molecule has 0 aromatic heterocycles. The molecule has 1 saturated carbocycles. The highest BCUT2D eigenvalue weighted by molar-refractivity contribution is 6.26. The number of ether oxygens (including phenoxy) is 2. The van der Waals surface area contributed by atoms with Crippen LogP contribution in [0.4, 0.5) is 13.2 Å². The Balaban J connectivity index is 2.72. The molecule has 0 amide bonds. The minimum Gasteiger partial charge on any atom is -0.422 e. The van der Waals surface area contributed by atoms with Gasteiger partial charge in [-0.3, -0.25) is 4.79 Å². The molecule has 1 aliphatic rings. The van der Waals surface area contributed by atoms with Gasteiger partial charge in [-0.2, -0.15) is 13.2 Å². The predicted octanol–water partition coefficient (Wildman–Crippen LogP) is 2.14. The molecule has 0 unspecified atom stereocenters. The smallest absolute Gasteiger partial charge is 0.422 e. The van der Waals surface area contributed by atoms with Crippen molar-refractivity contribution in [2.75, 3.05) is 5.88 Å². The third kappa shape index (κ3) is 3.76. The van der Waals surface area contributed by atoms with Gasteiger partial charge in [0.2, 0.25) is 0 Å². The molecule has 1 rings (SSSR count). The number of carbonyl (C=O) groups excluding carboxylic acids is 2. The van der Waals surface area contributed by atoms with E-state index in [1.165, 1.54) is 0 Å². The van der Waals surface area contributed by atoms with Crippen molar-refractivity contribution in [3.63, 3.8) is 0 Å². The average molecular weight is 275 g/mol. The summed E-state index contributed by atoms with van der Waals surface area (Å²) in [6, 6.07) is 0. The molecule has 0 spiro atoms. The predicted molar refractivity (Wildman–Crippen MR) is 50.2 cm³/mol. The second-order valence-corrected chi connectivity index (χ2v) is 3.88. The molecule has 1 aliphatic carbocycles. The zero-order chi connectivity index (χ0) is 13.1. The Labute approximate surface area is 100 Å². The maximum absolute atomic E-state index is 12.1. The minimum absolute atomic E-state index is 0.0530. The molecule has 0 radical (unpaired) electrons. The van der Waals surface area contributed by atoms with Gasteiger partial charge < -0.3 is 9.47 Å². The number of hydrogen-bond donors (Lipinski definition) is 0. The molecular weight excluding hydrogens is 265 g/mol. The molecule has 4 nitrogen and oxygen atoms in total. The van der Waals surface area contributed by atoms with Crippen LogP contribution in [-0.2, 0) is 19.1 Å². The normalized spacial score (nSPS) is 18.8. The molecule has 0 heterocycles. The van der Waals surface area contributed by atoms with Crippen LogP contribution in [0.25, 0.3) is 0 Å². The summed E-state index contributed by atoms with van der Waals surface area (Å²) >= 11 is 5.18. The van der Waals surface area contributed by atoms with Crippen molar-refractivity contribution in [3.8, 4) is 0 Å². The lowest BCUT2D eigenvalue weighted by atomic mass is 10.2. The number of carbonyl (C=O) groups is 2. The first kappa shape index (κ1) is 14.1. The summed E-state index contributed by atoms with van der Waals surface area (Å²) in [5.41, 5.74) is 0. The van der Waals surface area contributed by atoms with E-state index < -0.39 is 29.8 Å². The minimum atomic E-state index is -5.11. The fraction of sp³-hybridized carbons (Fsp3) is 0.778. The maximum Gasteiger partial charge on any atom is 0.491 e. The van der Waals surface area contributed by atoms with Crippen LogP contribution in [0.15, 0.2) is 0 Å². The van der Waals surface area contributed by atoms with E-state index in [1.54, 1.807) is 0 Å². The third-order valence-corrected chi connectivity index (χ3v) is 2.50. The number of halogens is 4. The Morgan fingerprint density at radius 2 is 1.71 bits per heavy atom. The van der Waals surface area contributed by atoms with Crippen LogP contribution in [0.1, 0.15) is 25.7 Å². The van der Waals surface area contributed by atoms with Gasteiger partial charge in [-0.25, -0.2) is 4.79 Å². The van der Waals surface area contributed by atoms with Crippen molar-refractivity contribution in [1.82, 2.24) is 0 Å². The Morgan fingerprint density at radius 3 is 2.12 bits per heavy atom. The van der Waals surface area contributed by atoms with E-state index in [1.807, 2.05) is 0 Å². The summed E-state index contributed by atoms with van der Waals surface area (Å²) in [4.78, 5) is 21.7. The van der Waals surface area contributed by atoms with E-state index in [2.05, 4.69) is 4.74 Å². The van der Waals surface area contributed by atoms with Gasteiger partial charge >= 0.3 is 18.1 Å². The van der Waals surface area contributed by atoms with Gasteiger partial charge in [0.25, 0.3) is 5.79 Å². The lowest BCUT2D eigenvalue weighted by molar-refractivity contribution is -0.253. The van der Waals surface area contributed by atoms with Crippen molar-refractivity contribution < 1.29 is 32.2 Å². The molecular formula is C9H10ClF3O4. The molecule has 0 aliphatic heterocycles. The number of esters is 2. The largest absolute Gasteiger partial charge is 0.491 e. The van der Waals surface area contributed by atoms with Crippen LogP contribution >= 0.6 is 11.6 Å². The summed E-state index contributed by atoms with van der Waals surface area (Å²) in [5.74, 6) is -5.59. The van der Waals surface area contributed by atoms with E-state index in [-0.39, 0.29) is 12.8 Å². The zero-order valence-corrected chi connectivity index (χ0v) is 9.44. The highest BCUT2D eigenvalue weighted by Gasteiger charge is 2.49. The Kier molecular flexibility index (Phi) is 4.24. The molecule has 0 bridgehead atoms. The van der Waals surface area contributed by atoms with Crippen molar-refractivity contribution in [2.45, 2.75) is 37.6 Å². The second-order valence-electron chi connectivity index (χ2n) is 3.61. The number of hydrogen-bond acceptors (Lipinski definition) is 4. The molecule has 0 aromatic carbocycles. The quantitative estimate of drug-likeness (QED) is 0.449. The fourth-order valence-corrected chi connectivity index (χ4v) is 1.65. The van der Waals surface area contributed by atoms with Gasteiger partial charge in [-0.05, 0) is 12.8 Å². The third-order valence-electron chi connectivity index (χ3n) is 2.28.